The molecule has 1 atom stereocenters. The van der Waals surface area contributed by atoms with E-state index >= 15 is 0 Å². The molecule has 1 amide bonds. The third kappa shape index (κ3) is 2.72. The molecular weight excluding hydrogens is 244 g/mol. The van der Waals surface area contributed by atoms with E-state index < -0.39 is 0 Å². The Hall–Kier alpha value is -1.59. The van der Waals surface area contributed by atoms with E-state index in [4.69, 9.17) is 9.47 Å². The first-order valence-electron chi connectivity index (χ1n) is 6.69. The molecule has 19 heavy (non-hydrogen) atoms. The van der Waals surface area contributed by atoms with Crippen molar-refractivity contribution in [3.8, 4) is 5.75 Å². The van der Waals surface area contributed by atoms with Crippen LogP contribution in [0.25, 0.3) is 0 Å². The molecule has 0 aromatic heterocycles. The first kappa shape index (κ1) is 12.4. The van der Waals surface area contributed by atoms with Crippen LogP contribution in [0.5, 0.6) is 5.75 Å². The van der Waals surface area contributed by atoms with Gasteiger partial charge in [-0.25, -0.2) is 0 Å². The Balaban J connectivity index is 1.70. The van der Waals surface area contributed by atoms with Crippen molar-refractivity contribution in [1.29, 1.82) is 0 Å². The van der Waals surface area contributed by atoms with E-state index in [1.54, 1.807) is 4.90 Å². The Morgan fingerprint density at radius 3 is 3.11 bits per heavy atom. The van der Waals surface area contributed by atoms with Crippen molar-refractivity contribution in [3.63, 3.8) is 0 Å². The summed E-state index contributed by atoms with van der Waals surface area (Å²) >= 11 is 0. The van der Waals surface area contributed by atoms with Gasteiger partial charge in [0.25, 0.3) is 0 Å². The van der Waals surface area contributed by atoms with Gasteiger partial charge in [0.15, 0.2) is 0 Å². The molecule has 0 aliphatic carbocycles. The van der Waals surface area contributed by atoms with Crippen molar-refractivity contribution < 1.29 is 14.3 Å². The molecule has 2 heterocycles. The van der Waals surface area contributed by atoms with Gasteiger partial charge in [0.1, 0.15) is 12.4 Å². The average Bonchev–Trinajstić information content (AvgIpc) is 2.47. The fourth-order valence-corrected chi connectivity index (χ4v) is 2.48. The number of hydrogen-bond donors (Lipinski definition) is 1. The van der Waals surface area contributed by atoms with Crippen molar-refractivity contribution >= 4 is 11.6 Å². The monoisotopic (exact) mass is 262 g/mol. The number of benzene rings is 1. The van der Waals surface area contributed by atoms with Gasteiger partial charge in [0.2, 0.25) is 5.91 Å². The highest BCUT2D eigenvalue weighted by molar-refractivity contribution is 5.95. The summed E-state index contributed by atoms with van der Waals surface area (Å²) in [5.41, 5.74) is 0.863. The molecule has 0 bridgehead atoms. The number of anilines is 1. The Labute approximate surface area is 112 Å². The summed E-state index contributed by atoms with van der Waals surface area (Å²) in [7, 11) is 0. The van der Waals surface area contributed by atoms with Crippen LogP contribution in [0.1, 0.15) is 6.42 Å². The Bertz CT molecular complexity index is 458. The maximum atomic E-state index is 12.4. The van der Waals surface area contributed by atoms with Gasteiger partial charge < -0.3 is 19.7 Å². The van der Waals surface area contributed by atoms with Crippen LogP contribution in [-0.4, -0.2) is 44.9 Å². The second kappa shape index (κ2) is 5.59. The van der Waals surface area contributed by atoms with Gasteiger partial charge in [-0.05, 0) is 12.1 Å². The minimum atomic E-state index is -0.0174. The van der Waals surface area contributed by atoms with Gasteiger partial charge >= 0.3 is 0 Å². The molecule has 2 aliphatic heterocycles. The lowest BCUT2D eigenvalue weighted by atomic mass is 10.1. The molecule has 1 aromatic carbocycles. The number of rotatable bonds is 2. The van der Waals surface area contributed by atoms with Gasteiger partial charge in [0, 0.05) is 13.1 Å². The molecule has 3 rings (SSSR count). The Morgan fingerprint density at radius 1 is 1.37 bits per heavy atom. The molecule has 0 radical (unpaired) electrons. The van der Waals surface area contributed by atoms with Gasteiger partial charge in [-0.15, -0.1) is 0 Å². The minimum Gasteiger partial charge on any atom is -0.490 e. The highest BCUT2D eigenvalue weighted by Crippen LogP contribution is 2.31. The van der Waals surface area contributed by atoms with Crippen molar-refractivity contribution in [1.82, 2.24) is 5.32 Å². The lowest BCUT2D eigenvalue weighted by Crippen LogP contribution is -2.44. The van der Waals surface area contributed by atoms with Crippen molar-refractivity contribution in [2.75, 3.05) is 37.7 Å². The number of nitrogens with zero attached hydrogens (tertiary/aromatic N) is 1. The van der Waals surface area contributed by atoms with Crippen LogP contribution >= 0.6 is 0 Å². The smallest absolute Gasteiger partial charge is 0.229 e. The van der Waals surface area contributed by atoms with E-state index in [1.807, 2.05) is 24.3 Å². The van der Waals surface area contributed by atoms with Gasteiger partial charge in [-0.2, -0.15) is 0 Å². The second-order valence-corrected chi connectivity index (χ2v) is 4.76. The van der Waals surface area contributed by atoms with E-state index in [0.29, 0.717) is 26.2 Å². The zero-order chi connectivity index (χ0) is 13.1. The summed E-state index contributed by atoms with van der Waals surface area (Å²) in [5.74, 6) is 0.884. The molecule has 5 heteroatoms. The molecule has 1 fully saturated rings. The Kier molecular flexibility index (Phi) is 3.66. The van der Waals surface area contributed by atoms with Crippen LogP contribution in [0.15, 0.2) is 24.3 Å². The first-order valence-corrected chi connectivity index (χ1v) is 6.69. The first-order chi connectivity index (χ1) is 9.34. The second-order valence-electron chi connectivity index (χ2n) is 4.76. The lowest BCUT2D eigenvalue weighted by Gasteiger charge is -2.31. The van der Waals surface area contributed by atoms with Crippen molar-refractivity contribution in [2.45, 2.75) is 12.5 Å². The number of carbonyl (C=O) groups excluding carboxylic acids is 1. The third-order valence-corrected chi connectivity index (χ3v) is 3.44. The van der Waals surface area contributed by atoms with Gasteiger partial charge in [0.05, 0.1) is 31.4 Å². The van der Waals surface area contributed by atoms with Crippen molar-refractivity contribution in [3.05, 3.63) is 24.3 Å². The molecule has 0 spiro atoms. The van der Waals surface area contributed by atoms with Crippen LogP contribution in [0, 0.1) is 0 Å². The van der Waals surface area contributed by atoms with Crippen LogP contribution < -0.4 is 15.0 Å². The minimum absolute atomic E-state index is 0.0174. The number of amides is 1. The number of carbonyl (C=O) groups is 1. The number of hydrogen-bond acceptors (Lipinski definition) is 4. The molecule has 102 valence electrons. The Morgan fingerprint density at radius 2 is 2.26 bits per heavy atom. The number of nitrogens with one attached hydrogen (secondary N) is 1. The topological polar surface area (TPSA) is 50.8 Å². The molecule has 1 aromatic rings. The van der Waals surface area contributed by atoms with Crippen LogP contribution in [0.4, 0.5) is 5.69 Å². The predicted octanol–water partition coefficient (Wildman–Crippen LogP) is 0.790. The molecule has 1 saturated heterocycles. The summed E-state index contributed by atoms with van der Waals surface area (Å²) in [6, 6.07) is 7.66. The van der Waals surface area contributed by atoms with E-state index in [1.165, 1.54) is 0 Å². The SMILES string of the molecule is O=C(CC1CNCCO1)N1CCOc2ccccc21. The fourth-order valence-electron chi connectivity index (χ4n) is 2.48. The van der Waals surface area contributed by atoms with Crippen LogP contribution in [-0.2, 0) is 9.53 Å². The fraction of sp³-hybridized carbons (Fsp3) is 0.500. The summed E-state index contributed by atoms with van der Waals surface area (Å²) in [6.45, 7) is 3.45. The van der Waals surface area contributed by atoms with Gasteiger partial charge in [-0.1, -0.05) is 12.1 Å². The summed E-state index contributed by atoms with van der Waals surface area (Å²) < 4.78 is 11.1. The largest absolute Gasteiger partial charge is 0.490 e. The van der Waals surface area contributed by atoms with E-state index in [2.05, 4.69) is 5.32 Å². The lowest BCUT2D eigenvalue weighted by molar-refractivity contribution is -0.122. The number of fused-ring (bicyclic) bond motifs is 1. The maximum Gasteiger partial charge on any atom is 0.229 e. The van der Waals surface area contributed by atoms with E-state index in [9.17, 15) is 4.79 Å². The van der Waals surface area contributed by atoms with Crippen molar-refractivity contribution in [2.24, 2.45) is 0 Å². The highest BCUT2D eigenvalue weighted by Gasteiger charge is 2.26. The predicted molar refractivity (Wildman–Crippen MR) is 71.5 cm³/mol. The number of ether oxygens (including phenoxy) is 2. The zero-order valence-electron chi connectivity index (χ0n) is 10.8. The standard InChI is InChI=1S/C14H18N2O3/c17-14(9-11-10-15-5-7-18-11)16-6-8-19-13-4-2-1-3-12(13)16/h1-4,11,15H,5-10H2. The molecule has 5 nitrogen and oxygen atoms in total. The van der Waals surface area contributed by atoms with E-state index in [-0.39, 0.29) is 12.0 Å². The van der Waals surface area contributed by atoms with Crippen LogP contribution in [0.3, 0.4) is 0 Å². The molecule has 0 saturated carbocycles. The normalized spacial score (nSPS) is 22.5. The third-order valence-electron chi connectivity index (χ3n) is 3.44. The number of para-hydroxylation sites is 2. The average molecular weight is 262 g/mol. The van der Waals surface area contributed by atoms with E-state index in [0.717, 1.165) is 24.5 Å². The van der Waals surface area contributed by atoms with Crippen LogP contribution in [0.2, 0.25) is 0 Å². The molecule has 1 unspecified atom stereocenters. The highest BCUT2D eigenvalue weighted by atomic mass is 16.5. The zero-order valence-corrected chi connectivity index (χ0v) is 10.8. The molecule has 2 aliphatic rings. The molecular formula is C14H18N2O3. The maximum absolute atomic E-state index is 12.4. The summed E-state index contributed by atoms with van der Waals surface area (Å²) in [4.78, 5) is 14.2. The summed E-state index contributed by atoms with van der Waals surface area (Å²) in [5, 5.41) is 3.24. The number of morpholine rings is 1. The summed E-state index contributed by atoms with van der Waals surface area (Å²) in [6.07, 6.45) is 0.401. The quantitative estimate of drug-likeness (QED) is 0.856. The van der Waals surface area contributed by atoms with Gasteiger partial charge in [-0.3, -0.25) is 4.79 Å². The molecule has 1 N–H and O–H groups in total.